The van der Waals surface area contributed by atoms with Crippen LogP contribution in [0.4, 0.5) is 0 Å². The standard InChI is InChI=1S/C12H25NO/c1-3-7-12(14)10-13-9-6-5-8-11(13)4-2/h11-12,14H,3-10H2,1-2H3. The minimum absolute atomic E-state index is 0.104. The first-order chi connectivity index (χ1) is 6.77. The third-order valence-corrected chi connectivity index (χ3v) is 3.29. The van der Waals surface area contributed by atoms with Gasteiger partial charge in [0.1, 0.15) is 0 Å². The molecule has 0 aromatic rings. The summed E-state index contributed by atoms with van der Waals surface area (Å²) in [6.45, 7) is 6.48. The Kier molecular flexibility index (Phi) is 5.49. The van der Waals surface area contributed by atoms with E-state index >= 15 is 0 Å². The molecule has 0 spiro atoms. The van der Waals surface area contributed by atoms with Crippen molar-refractivity contribution in [1.82, 2.24) is 4.90 Å². The highest BCUT2D eigenvalue weighted by atomic mass is 16.3. The molecule has 0 amide bonds. The van der Waals surface area contributed by atoms with Crippen LogP contribution in [0.2, 0.25) is 0 Å². The van der Waals surface area contributed by atoms with Crippen LogP contribution < -0.4 is 0 Å². The molecular weight excluding hydrogens is 174 g/mol. The van der Waals surface area contributed by atoms with Crippen LogP contribution in [0, 0.1) is 0 Å². The number of hydrogen-bond acceptors (Lipinski definition) is 2. The third-order valence-electron chi connectivity index (χ3n) is 3.29. The van der Waals surface area contributed by atoms with E-state index in [1.807, 2.05) is 0 Å². The molecule has 2 unspecified atom stereocenters. The highest BCUT2D eigenvalue weighted by Gasteiger charge is 2.22. The molecule has 2 heteroatoms. The summed E-state index contributed by atoms with van der Waals surface area (Å²) in [7, 11) is 0. The molecule has 0 saturated carbocycles. The number of β-amino-alcohol motifs (C(OH)–C–C–N with tert-alkyl or cyclic N) is 1. The van der Waals surface area contributed by atoms with Crippen molar-refractivity contribution in [2.45, 2.75) is 64.5 Å². The van der Waals surface area contributed by atoms with Gasteiger partial charge < -0.3 is 5.11 Å². The maximum Gasteiger partial charge on any atom is 0.0667 e. The van der Waals surface area contributed by atoms with Gasteiger partial charge in [-0.05, 0) is 32.2 Å². The molecule has 1 N–H and O–H groups in total. The summed E-state index contributed by atoms with van der Waals surface area (Å²) in [5.74, 6) is 0. The summed E-state index contributed by atoms with van der Waals surface area (Å²) in [5, 5.41) is 9.77. The predicted octanol–water partition coefficient (Wildman–Crippen LogP) is 2.41. The molecule has 1 saturated heterocycles. The summed E-state index contributed by atoms with van der Waals surface area (Å²) in [6.07, 6.45) is 7.19. The normalized spacial score (nSPS) is 26.4. The lowest BCUT2D eigenvalue weighted by molar-refractivity contribution is 0.0612. The van der Waals surface area contributed by atoms with Gasteiger partial charge in [-0.25, -0.2) is 0 Å². The largest absolute Gasteiger partial charge is 0.392 e. The maximum atomic E-state index is 9.77. The molecule has 1 aliphatic heterocycles. The quantitative estimate of drug-likeness (QED) is 0.735. The Balaban J connectivity index is 2.32. The summed E-state index contributed by atoms with van der Waals surface area (Å²) in [5.41, 5.74) is 0. The van der Waals surface area contributed by atoms with Crippen LogP contribution in [0.5, 0.6) is 0 Å². The van der Waals surface area contributed by atoms with Crippen LogP contribution in [0.15, 0.2) is 0 Å². The Morgan fingerprint density at radius 1 is 1.36 bits per heavy atom. The molecule has 1 fully saturated rings. The Labute approximate surface area is 88.3 Å². The molecular formula is C12H25NO. The molecule has 14 heavy (non-hydrogen) atoms. The first-order valence-corrected chi connectivity index (χ1v) is 6.20. The summed E-state index contributed by atoms with van der Waals surface area (Å²) < 4.78 is 0. The topological polar surface area (TPSA) is 23.5 Å². The molecule has 0 bridgehead atoms. The van der Waals surface area contributed by atoms with Gasteiger partial charge in [0.05, 0.1) is 6.10 Å². The van der Waals surface area contributed by atoms with Crippen molar-refractivity contribution in [2.75, 3.05) is 13.1 Å². The molecule has 0 aromatic heterocycles. The lowest BCUT2D eigenvalue weighted by Crippen LogP contribution is -2.43. The fraction of sp³-hybridized carbons (Fsp3) is 1.00. The Hall–Kier alpha value is -0.0800. The molecule has 2 atom stereocenters. The first kappa shape index (κ1) is 12.0. The summed E-state index contributed by atoms with van der Waals surface area (Å²) >= 11 is 0. The third kappa shape index (κ3) is 3.58. The average molecular weight is 199 g/mol. The highest BCUT2D eigenvalue weighted by Crippen LogP contribution is 2.19. The van der Waals surface area contributed by atoms with E-state index < -0.39 is 0 Å². The van der Waals surface area contributed by atoms with Crippen molar-refractivity contribution in [2.24, 2.45) is 0 Å². The number of hydrogen-bond donors (Lipinski definition) is 1. The zero-order chi connectivity index (χ0) is 10.4. The van der Waals surface area contributed by atoms with Gasteiger partial charge in [-0.1, -0.05) is 26.7 Å². The van der Waals surface area contributed by atoms with E-state index in [-0.39, 0.29) is 6.10 Å². The zero-order valence-corrected chi connectivity index (χ0v) is 9.71. The SMILES string of the molecule is CCCC(O)CN1CCCCC1CC. The fourth-order valence-electron chi connectivity index (χ4n) is 2.46. The van der Waals surface area contributed by atoms with Crippen LogP contribution in [-0.2, 0) is 0 Å². The van der Waals surface area contributed by atoms with Crippen molar-refractivity contribution >= 4 is 0 Å². The first-order valence-electron chi connectivity index (χ1n) is 6.20. The maximum absolute atomic E-state index is 9.77. The predicted molar refractivity (Wildman–Crippen MR) is 60.4 cm³/mol. The van der Waals surface area contributed by atoms with Gasteiger partial charge in [-0.2, -0.15) is 0 Å². The molecule has 1 rings (SSSR count). The monoisotopic (exact) mass is 199 g/mol. The van der Waals surface area contributed by atoms with Crippen LogP contribution in [0.25, 0.3) is 0 Å². The summed E-state index contributed by atoms with van der Waals surface area (Å²) in [4.78, 5) is 2.49. The van der Waals surface area contributed by atoms with Crippen molar-refractivity contribution in [3.8, 4) is 0 Å². The molecule has 0 radical (unpaired) electrons. The van der Waals surface area contributed by atoms with Gasteiger partial charge in [0.2, 0.25) is 0 Å². The molecule has 84 valence electrons. The van der Waals surface area contributed by atoms with Crippen molar-refractivity contribution < 1.29 is 5.11 Å². The second-order valence-corrected chi connectivity index (χ2v) is 4.50. The molecule has 1 aliphatic rings. The van der Waals surface area contributed by atoms with Crippen LogP contribution in [0.1, 0.15) is 52.4 Å². The highest BCUT2D eigenvalue weighted by molar-refractivity contribution is 4.77. The Morgan fingerprint density at radius 3 is 2.79 bits per heavy atom. The molecule has 1 heterocycles. The number of likely N-dealkylation sites (tertiary alicyclic amines) is 1. The second kappa shape index (κ2) is 6.41. The fourth-order valence-corrected chi connectivity index (χ4v) is 2.46. The van der Waals surface area contributed by atoms with E-state index in [1.54, 1.807) is 0 Å². The van der Waals surface area contributed by atoms with Crippen LogP contribution >= 0.6 is 0 Å². The molecule has 2 nitrogen and oxygen atoms in total. The second-order valence-electron chi connectivity index (χ2n) is 4.50. The Bertz CT molecular complexity index is 149. The van der Waals surface area contributed by atoms with Crippen LogP contribution in [-0.4, -0.2) is 35.2 Å². The van der Waals surface area contributed by atoms with Crippen molar-refractivity contribution in [3.05, 3.63) is 0 Å². The molecule has 0 aromatic carbocycles. The number of aliphatic hydroxyl groups excluding tert-OH is 1. The van der Waals surface area contributed by atoms with Crippen molar-refractivity contribution in [1.29, 1.82) is 0 Å². The summed E-state index contributed by atoms with van der Waals surface area (Å²) in [6, 6.07) is 0.732. The Morgan fingerprint density at radius 2 is 2.14 bits per heavy atom. The lowest BCUT2D eigenvalue weighted by Gasteiger charge is -2.36. The molecule has 0 aliphatic carbocycles. The van der Waals surface area contributed by atoms with Gasteiger partial charge in [0, 0.05) is 12.6 Å². The zero-order valence-electron chi connectivity index (χ0n) is 9.71. The minimum atomic E-state index is -0.104. The van der Waals surface area contributed by atoms with E-state index in [9.17, 15) is 5.11 Å². The van der Waals surface area contributed by atoms with E-state index in [2.05, 4.69) is 18.7 Å². The van der Waals surface area contributed by atoms with E-state index in [0.29, 0.717) is 0 Å². The number of piperidine rings is 1. The van der Waals surface area contributed by atoms with E-state index in [4.69, 9.17) is 0 Å². The van der Waals surface area contributed by atoms with Gasteiger partial charge >= 0.3 is 0 Å². The van der Waals surface area contributed by atoms with Gasteiger partial charge in [-0.15, -0.1) is 0 Å². The van der Waals surface area contributed by atoms with E-state index in [0.717, 1.165) is 25.4 Å². The van der Waals surface area contributed by atoms with Crippen LogP contribution in [0.3, 0.4) is 0 Å². The van der Waals surface area contributed by atoms with E-state index in [1.165, 1.54) is 32.2 Å². The number of aliphatic hydroxyl groups is 1. The smallest absolute Gasteiger partial charge is 0.0667 e. The average Bonchev–Trinajstić information content (AvgIpc) is 2.19. The van der Waals surface area contributed by atoms with Gasteiger partial charge in [-0.3, -0.25) is 4.90 Å². The number of rotatable bonds is 5. The minimum Gasteiger partial charge on any atom is -0.392 e. The van der Waals surface area contributed by atoms with Gasteiger partial charge in [0.25, 0.3) is 0 Å². The van der Waals surface area contributed by atoms with Crippen molar-refractivity contribution in [3.63, 3.8) is 0 Å². The lowest BCUT2D eigenvalue weighted by atomic mass is 9.99. The number of nitrogens with zero attached hydrogens (tertiary/aromatic N) is 1. The van der Waals surface area contributed by atoms with Gasteiger partial charge in [0.15, 0.2) is 0 Å².